The topological polar surface area (TPSA) is 57.6 Å². The lowest BCUT2D eigenvalue weighted by molar-refractivity contribution is -0.137. The van der Waals surface area contributed by atoms with Crippen molar-refractivity contribution in [3.05, 3.63) is 21.4 Å². The molecule has 0 saturated carbocycles. The monoisotopic (exact) mass is 267 g/mol. The minimum atomic E-state index is -0.964. The molecule has 0 aromatic carbocycles. The van der Waals surface area contributed by atoms with Gasteiger partial charge in [-0.05, 0) is 38.2 Å². The number of amides is 1. The van der Waals surface area contributed by atoms with Crippen molar-refractivity contribution in [3.8, 4) is 0 Å². The average Bonchev–Trinajstić information content (AvgIpc) is 2.78. The number of thiophene rings is 1. The molecule has 2 rings (SSSR count). The fraction of sp³-hybridized carbons (Fsp3) is 0.538. The van der Waals surface area contributed by atoms with E-state index in [1.54, 1.807) is 18.3 Å². The van der Waals surface area contributed by atoms with E-state index in [0.717, 1.165) is 30.4 Å². The normalized spacial score (nSPS) is 14.1. The molecule has 0 atom stereocenters. The van der Waals surface area contributed by atoms with Gasteiger partial charge in [-0.15, -0.1) is 11.3 Å². The lowest BCUT2D eigenvalue weighted by atomic mass is 9.95. The number of aliphatic carboxylic acids is 1. The van der Waals surface area contributed by atoms with Crippen LogP contribution in [-0.4, -0.2) is 35.0 Å². The fourth-order valence-corrected chi connectivity index (χ4v) is 3.45. The van der Waals surface area contributed by atoms with Crippen molar-refractivity contribution in [2.75, 3.05) is 13.1 Å². The van der Waals surface area contributed by atoms with E-state index in [1.807, 2.05) is 5.38 Å². The predicted molar refractivity (Wildman–Crippen MR) is 70.2 cm³/mol. The molecule has 1 aromatic heterocycles. The Morgan fingerprint density at radius 1 is 1.39 bits per heavy atom. The first kappa shape index (κ1) is 13.1. The number of carbonyl (C=O) groups is 2. The van der Waals surface area contributed by atoms with Crippen molar-refractivity contribution < 1.29 is 14.7 Å². The second-order valence-corrected chi connectivity index (χ2v) is 5.44. The number of rotatable bonds is 4. The number of carboxylic acid groups (broad SMARTS) is 1. The second-order valence-electron chi connectivity index (χ2n) is 4.47. The molecule has 4 nitrogen and oxygen atoms in total. The van der Waals surface area contributed by atoms with E-state index in [9.17, 15) is 9.59 Å². The van der Waals surface area contributed by atoms with Gasteiger partial charge in [-0.2, -0.15) is 0 Å². The predicted octanol–water partition coefficient (Wildman–Crippen LogP) is 2.17. The Kier molecular flexibility index (Phi) is 4.01. The summed E-state index contributed by atoms with van der Waals surface area (Å²) in [7, 11) is 0. The van der Waals surface area contributed by atoms with Crippen LogP contribution in [0.3, 0.4) is 0 Å². The number of carbonyl (C=O) groups excluding carboxylic acids is 1. The first-order chi connectivity index (χ1) is 8.63. The Hall–Kier alpha value is -1.36. The summed E-state index contributed by atoms with van der Waals surface area (Å²) in [6.45, 7) is 2.01. The van der Waals surface area contributed by atoms with Crippen LogP contribution in [0.25, 0.3) is 0 Å². The number of carboxylic acids is 1. The Labute approximate surface area is 110 Å². The van der Waals surface area contributed by atoms with Gasteiger partial charge in [0.2, 0.25) is 0 Å². The fourth-order valence-electron chi connectivity index (χ4n) is 2.33. The minimum Gasteiger partial charge on any atom is -0.480 e. The molecular weight excluding hydrogens is 250 g/mol. The van der Waals surface area contributed by atoms with E-state index >= 15 is 0 Å². The molecule has 1 amide bonds. The van der Waals surface area contributed by atoms with Crippen LogP contribution in [0.15, 0.2) is 5.38 Å². The molecule has 1 aliphatic rings. The molecule has 1 N–H and O–H groups in total. The third-order valence-corrected chi connectivity index (χ3v) is 4.38. The molecule has 0 saturated heterocycles. The van der Waals surface area contributed by atoms with Gasteiger partial charge in [0.1, 0.15) is 6.54 Å². The molecule has 1 aliphatic carbocycles. The smallest absolute Gasteiger partial charge is 0.323 e. The molecule has 5 heteroatoms. The lowest BCUT2D eigenvalue weighted by Crippen LogP contribution is -2.35. The summed E-state index contributed by atoms with van der Waals surface area (Å²) in [5.41, 5.74) is 1.87. The lowest BCUT2D eigenvalue weighted by Gasteiger charge is -2.20. The van der Waals surface area contributed by atoms with Gasteiger partial charge >= 0.3 is 5.97 Å². The molecule has 0 bridgehead atoms. The summed E-state index contributed by atoms with van der Waals surface area (Å²) >= 11 is 1.63. The number of hydrogen-bond acceptors (Lipinski definition) is 3. The number of fused-ring (bicyclic) bond motifs is 1. The zero-order chi connectivity index (χ0) is 13.1. The van der Waals surface area contributed by atoms with Crippen molar-refractivity contribution >= 4 is 23.2 Å². The highest BCUT2D eigenvalue weighted by Crippen LogP contribution is 2.30. The van der Waals surface area contributed by atoms with Gasteiger partial charge in [-0.1, -0.05) is 0 Å². The van der Waals surface area contributed by atoms with Gasteiger partial charge in [0, 0.05) is 16.8 Å². The number of likely N-dealkylation sites (N-methyl/N-ethyl adjacent to an activating group) is 1. The Morgan fingerprint density at radius 3 is 2.78 bits per heavy atom. The van der Waals surface area contributed by atoms with Crippen LogP contribution < -0.4 is 0 Å². The van der Waals surface area contributed by atoms with Gasteiger partial charge in [-0.25, -0.2) is 0 Å². The van der Waals surface area contributed by atoms with Crippen molar-refractivity contribution in [2.45, 2.75) is 32.6 Å². The highest BCUT2D eigenvalue weighted by molar-refractivity contribution is 7.10. The molecule has 0 fully saturated rings. The first-order valence-corrected chi connectivity index (χ1v) is 7.11. The summed E-state index contributed by atoms with van der Waals surface area (Å²) in [4.78, 5) is 25.7. The molecular formula is C13H17NO3S. The van der Waals surface area contributed by atoms with Gasteiger partial charge in [-0.3, -0.25) is 9.59 Å². The van der Waals surface area contributed by atoms with Crippen LogP contribution in [0.2, 0.25) is 0 Å². The highest BCUT2D eigenvalue weighted by atomic mass is 32.1. The molecule has 0 aliphatic heterocycles. The molecule has 0 spiro atoms. The van der Waals surface area contributed by atoms with Crippen molar-refractivity contribution in [1.29, 1.82) is 0 Å². The third-order valence-electron chi connectivity index (χ3n) is 3.29. The summed E-state index contributed by atoms with van der Waals surface area (Å²) < 4.78 is 0. The van der Waals surface area contributed by atoms with Crippen molar-refractivity contribution in [2.24, 2.45) is 0 Å². The van der Waals surface area contributed by atoms with Crippen LogP contribution in [0.5, 0.6) is 0 Å². The average molecular weight is 267 g/mol. The summed E-state index contributed by atoms with van der Waals surface area (Å²) in [5.74, 6) is -1.10. The van der Waals surface area contributed by atoms with Crippen LogP contribution in [0.1, 0.15) is 40.6 Å². The number of aryl methyl sites for hydroxylation is 1. The number of hydrogen-bond donors (Lipinski definition) is 1. The zero-order valence-electron chi connectivity index (χ0n) is 10.4. The van der Waals surface area contributed by atoms with Gasteiger partial charge < -0.3 is 10.0 Å². The molecule has 1 heterocycles. The maximum absolute atomic E-state index is 12.3. The summed E-state index contributed by atoms with van der Waals surface area (Å²) in [6, 6.07) is 0. The molecule has 98 valence electrons. The van der Waals surface area contributed by atoms with Gasteiger partial charge in [0.25, 0.3) is 5.91 Å². The van der Waals surface area contributed by atoms with Gasteiger partial charge in [0.05, 0.1) is 5.56 Å². The summed E-state index contributed by atoms with van der Waals surface area (Å²) in [6.07, 6.45) is 4.31. The van der Waals surface area contributed by atoms with E-state index in [2.05, 4.69) is 0 Å². The van der Waals surface area contributed by atoms with Crippen molar-refractivity contribution in [3.63, 3.8) is 0 Å². The molecule has 1 aromatic rings. The quantitative estimate of drug-likeness (QED) is 0.909. The van der Waals surface area contributed by atoms with E-state index in [4.69, 9.17) is 5.11 Å². The third kappa shape index (κ3) is 2.56. The Bertz CT molecular complexity index is 467. The minimum absolute atomic E-state index is 0.140. The molecule has 0 radical (unpaired) electrons. The maximum atomic E-state index is 12.3. The van der Waals surface area contributed by atoms with Crippen LogP contribution >= 0.6 is 11.3 Å². The Morgan fingerprint density at radius 2 is 2.11 bits per heavy atom. The highest BCUT2D eigenvalue weighted by Gasteiger charge is 2.24. The first-order valence-electron chi connectivity index (χ1n) is 6.23. The zero-order valence-corrected chi connectivity index (χ0v) is 11.3. The van der Waals surface area contributed by atoms with E-state index < -0.39 is 5.97 Å². The molecule has 0 unspecified atom stereocenters. The van der Waals surface area contributed by atoms with E-state index in [0.29, 0.717) is 6.54 Å². The van der Waals surface area contributed by atoms with Crippen molar-refractivity contribution in [1.82, 2.24) is 4.90 Å². The van der Waals surface area contributed by atoms with Crippen LogP contribution in [0, 0.1) is 0 Å². The standard InChI is InChI=1S/C13H17NO3S/c1-2-14(7-12(15)16)13(17)10-8-18-11-6-4-3-5-9(10)11/h8H,2-7H2,1H3,(H,15,16). The Balaban J connectivity index is 2.22. The largest absolute Gasteiger partial charge is 0.480 e. The maximum Gasteiger partial charge on any atom is 0.323 e. The summed E-state index contributed by atoms with van der Waals surface area (Å²) in [5, 5.41) is 10.7. The van der Waals surface area contributed by atoms with E-state index in [-0.39, 0.29) is 12.5 Å². The SMILES string of the molecule is CCN(CC(=O)O)C(=O)c1csc2c1CCCC2. The van der Waals surface area contributed by atoms with Gasteiger partial charge in [0.15, 0.2) is 0 Å². The van der Waals surface area contributed by atoms with Crippen LogP contribution in [-0.2, 0) is 17.6 Å². The van der Waals surface area contributed by atoms with Crippen LogP contribution in [0.4, 0.5) is 0 Å². The van der Waals surface area contributed by atoms with E-state index in [1.165, 1.54) is 16.2 Å². The second kappa shape index (κ2) is 5.52. The molecule has 18 heavy (non-hydrogen) atoms. The number of nitrogens with zero attached hydrogens (tertiary/aromatic N) is 1.